The van der Waals surface area contributed by atoms with Gasteiger partial charge in [-0.3, -0.25) is 0 Å². The monoisotopic (exact) mass is 320 g/mol. The summed E-state index contributed by atoms with van der Waals surface area (Å²) in [6, 6.07) is 0.629. The van der Waals surface area contributed by atoms with E-state index in [1.807, 2.05) is 0 Å². The lowest BCUT2D eigenvalue weighted by Gasteiger charge is -2.11. The fourth-order valence-corrected chi connectivity index (χ4v) is 2.03. The summed E-state index contributed by atoms with van der Waals surface area (Å²) in [4.78, 5) is 0. The van der Waals surface area contributed by atoms with Gasteiger partial charge >= 0.3 is 0 Å². The fraction of sp³-hybridized carbons (Fsp3) is 0.143. The van der Waals surface area contributed by atoms with Crippen LogP contribution in [0.25, 0.3) is 0 Å². The third-order valence-electron chi connectivity index (χ3n) is 3.36. The average molecular weight is 320 g/mol. The predicted molar refractivity (Wildman–Crippen MR) is 68.5 cm³/mol. The molecule has 0 heterocycles. The molecule has 0 saturated carbocycles. The van der Waals surface area contributed by atoms with Crippen LogP contribution in [-0.2, 0) is 0 Å². The second-order valence-electron chi connectivity index (χ2n) is 4.82. The summed E-state index contributed by atoms with van der Waals surface area (Å²) < 4.78 is 95.1. The zero-order valence-corrected chi connectivity index (χ0v) is 11.4. The molecular formula is C14H8BF7. The first-order chi connectivity index (χ1) is 10.2. The van der Waals surface area contributed by atoms with Crippen LogP contribution in [0.3, 0.4) is 0 Å². The van der Waals surface area contributed by atoms with E-state index >= 15 is 0 Å². The van der Waals surface area contributed by atoms with Gasteiger partial charge in [0.1, 0.15) is 5.82 Å². The topological polar surface area (TPSA) is 0 Å². The molecule has 116 valence electrons. The van der Waals surface area contributed by atoms with E-state index in [0.29, 0.717) is 6.07 Å². The lowest BCUT2D eigenvalue weighted by Crippen LogP contribution is -2.38. The lowest BCUT2D eigenvalue weighted by molar-refractivity contribution is 0.454. The molecule has 2 aromatic carbocycles. The van der Waals surface area contributed by atoms with E-state index in [9.17, 15) is 30.7 Å². The maximum Gasteiger partial charge on any atom is 0.208 e. The third kappa shape index (κ3) is 2.46. The quantitative estimate of drug-likeness (QED) is 0.453. The van der Waals surface area contributed by atoms with Crippen molar-refractivity contribution in [3.05, 3.63) is 57.9 Å². The molecule has 8 heteroatoms. The largest absolute Gasteiger partial charge is 0.208 e. The molecule has 2 rings (SSSR count). The van der Waals surface area contributed by atoms with Crippen LogP contribution in [0.5, 0.6) is 0 Å². The number of aryl methyl sites for hydroxylation is 1. The van der Waals surface area contributed by atoms with Gasteiger partial charge in [-0.2, -0.15) is 0 Å². The van der Waals surface area contributed by atoms with Crippen molar-refractivity contribution < 1.29 is 30.7 Å². The summed E-state index contributed by atoms with van der Waals surface area (Å²) in [7, 11) is -1.17. The minimum atomic E-state index is -1.77. The molecule has 0 aliphatic rings. The van der Waals surface area contributed by atoms with Crippen LogP contribution in [0, 0.1) is 54.6 Å². The Labute approximate surface area is 121 Å². The maximum absolute atomic E-state index is 13.7. The van der Waals surface area contributed by atoms with Gasteiger partial charge in [-0.25, -0.2) is 30.7 Å². The smallest absolute Gasteiger partial charge is 0.207 e. The van der Waals surface area contributed by atoms with Crippen LogP contribution in [0.2, 0.25) is 0 Å². The molecule has 0 saturated heterocycles. The van der Waals surface area contributed by atoms with E-state index in [-0.39, 0.29) is 5.56 Å². The first kappa shape index (κ1) is 16.4. The Hall–Kier alpha value is -1.99. The van der Waals surface area contributed by atoms with E-state index in [0.717, 1.165) is 13.8 Å². The van der Waals surface area contributed by atoms with Gasteiger partial charge in [0, 0.05) is 5.56 Å². The lowest BCUT2D eigenvalue weighted by atomic mass is 9.62. The van der Waals surface area contributed by atoms with Gasteiger partial charge in [-0.1, -0.05) is 0 Å². The van der Waals surface area contributed by atoms with Gasteiger partial charge in [0.05, 0.1) is 0 Å². The maximum atomic E-state index is 13.7. The van der Waals surface area contributed by atoms with Crippen LogP contribution >= 0.6 is 0 Å². The number of hydrogen-bond acceptors (Lipinski definition) is 0. The van der Waals surface area contributed by atoms with Crippen LogP contribution in [0.4, 0.5) is 30.7 Å². The van der Waals surface area contributed by atoms with Gasteiger partial charge in [0.2, 0.25) is 7.28 Å². The normalized spacial score (nSPS) is 11.0. The Morgan fingerprint density at radius 1 is 0.636 bits per heavy atom. The Kier molecular flexibility index (Phi) is 4.22. The van der Waals surface area contributed by atoms with Crippen molar-refractivity contribution in [2.24, 2.45) is 0 Å². The summed E-state index contributed by atoms with van der Waals surface area (Å²) in [6.07, 6.45) is 0. The van der Waals surface area contributed by atoms with Crippen molar-refractivity contribution in [1.82, 2.24) is 0 Å². The highest BCUT2D eigenvalue weighted by Gasteiger charge is 2.27. The molecule has 0 aromatic heterocycles. The van der Waals surface area contributed by atoms with Crippen molar-refractivity contribution >= 4 is 18.2 Å². The number of halogens is 7. The molecule has 22 heavy (non-hydrogen) atoms. The number of hydrogen-bond donors (Lipinski definition) is 0. The second-order valence-corrected chi connectivity index (χ2v) is 4.82. The van der Waals surface area contributed by atoms with Crippen molar-refractivity contribution in [1.29, 1.82) is 0 Å². The molecule has 0 aliphatic heterocycles. The Bertz CT molecular complexity index is 742. The van der Waals surface area contributed by atoms with Crippen LogP contribution < -0.4 is 10.9 Å². The molecule has 0 bridgehead atoms. The average Bonchev–Trinajstić information content (AvgIpc) is 2.48. The molecule has 0 nitrogen and oxygen atoms in total. The molecule has 0 atom stereocenters. The van der Waals surface area contributed by atoms with E-state index in [2.05, 4.69) is 0 Å². The van der Waals surface area contributed by atoms with Gasteiger partial charge < -0.3 is 0 Å². The molecule has 0 amide bonds. The number of rotatable bonds is 2. The Morgan fingerprint density at radius 2 is 1.09 bits per heavy atom. The van der Waals surface area contributed by atoms with E-state index in [4.69, 9.17) is 0 Å². The summed E-state index contributed by atoms with van der Waals surface area (Å²) >= 11 is 0. The molecule has 0 N–H and O–H groups in total. The van der Waals surface area contributed by atoms with Crippen molar-refractivity contribution in [3.8, 4) is 0 Å². The Balaban J connectivity index is 2.66. The van der Waals surface area contributed by atoms with E-state index in [1.165, 1.54) is 0 Å². The molecule has 0 spiro atoms. The van der Waals surface area contributed by atoms with Crippen molar-refractivity contribution in [3.63, 3.8) is 0 Å². The highest BCUT2D eigenvalue weighted by Crippen LogP contribution is 2.17. The number of benzene rings is 2. The minimum absolute atomic E-state index is 0.346. The van der Waals surface area contributed by atoms with Crippen molar-refractivity contribution in [2.75, 3.05) is 0 Å². The first-order valence-corrected chi connectivity index (χ1v) is 6.11. The first-order valence-electron chi connectivity index (χ1n) is 6.11. The Morgan fingerprint density at radius 3 is 1.59 bits per heavy atom. The van der Waals surface area contributed by atoms with Gasteiger partial charge in [-0.15, -0.1) is 0 Å². The van der Waals surface area contributed by atoms with Gasteiger partial charge in [-0.05, 0) is 36.4 Å². The van der Waals surface area contributed by atoms with Crippen LogP contribution in [0.15, 0.2) is 6.07 Å². The molecule has 2 aromatic rings. The molecule has 0 radical (unpaired) electrons. The standard InChI is InChI=1S/C14H8BF7/c1-4-3-6(16)7(12(20)9(4)17)15-8-13(21)10(18)5(2)11(19)14(8)22/h3,15H,1-2H3. The summed E-state index contributed by atoms with van der Waals surface area (Å²) in [5.74, 6) is -11.2. The summed E-state index contributed by atoms with van der Waals surface area (Å²) in [5.41, 5.74) is -3.46. The zero-order chi connectivity index (χ0) is 16.8. The van der Waals surface area contributed by atoms with Crippen LogP contribution in [0.1, 0.15) is 11.1 Å². The van der Waals surface area contributed by atoms with Gasteiger partial charge in [0.15, 0.2) is 34.9 Å². The molecule has 0 fully saturated rings. The fourth-order valence-electron chi connectivity index (χ4n) is 2.03. The summed E-state index contributed by atoms with van der Waals surface area (Å²) in [6.45, 7) is 1.91. The second kappa shape index (κ2) is 5.66. The summed E-state index contributed by atoms with van der Waals surface area (Å²) in [5, 5.41) is 0. The van der Waals surface area contributed by atoms with E-state index < -0.39 is 64.5 Å². The zero-order valence-electron chi connectivity index (χ0n) is 11.4. The predicted octanol–water partition coefficient (Wildman–Crippen LogP) is 2.66. The third-order valence-corrected chi connectivity index (χ3v) is 3.36. The van der Waals surface area contributed by atoms with Crippen LogP contribution in [-0.4, -0.2) is 7.28 Å². The molecule has 0 aliphatic carbocycles. The van der Waals surface area contributed by atoms with Gasteiger partial charge in [0.25, 0.3) is 0 Å². The van der Waals surface area contributed by atoms with E-state index in [1.54, 1.807) is 0 Å². The molecule has 0 unspecified atom stereocenters. The molecular weight excluding hydrogens is 312 g/mol. The highest BCUT2D eigenvalue weighted by atomic mass is 19.2. The minimum Gasteiger partial charge on any atom is -0.207 e. The SMILES string of the molecule is Cc1cc(F)c(Bc2c(F)c(F)c(C)c(F)c2F)c(F)c1F. The van der Waals surface area contributed by atoms with Crippen molar-refractivity contribution in [2.45, 2.75) is 13.8 Å². The highest BCUT2D eigenvalue weighted by molar-refractivity contribution is 6.67.